The van der Waals surface area contributed by atoms with Crippen LogP contribution >= 0.6 is 0 Å². The molecule has 26 heavy (non-hydrogen) atoms. The largest absolute Gasteiger partial charge is 0.481 e. The zero-order valence-electron chi connectivity index (χ0n) is 14.5. The first-order valence-corrected chi connectivity index (χ1v) is 8.13. The van der Waals surface area contributed by atoms with E-state index >= 15 is 0 Å². The first kappa shape index (κ1) is 17.5. The number of hydrogen-bond donors (Lipinski definition) is 3. The fourth-order valence-corrected chi connectivity index (χ4v) is 2.90. The highest BCUT2D eigenvalue weighted by Gasteiger charge is 2.14. The predicted molar refractivity (Wildman–Crippen MR) is 99.5 cm³/mol. The number of nitrogens with one attached hydrogen (secondary N) is 2. The number of aromatic nitrogens is 2. The van der Waals surface area contributed by atoms with Gasteiger partial charge in [0.15, 0.2) is 5.78 Å². The van der Waals surface area contributed by atoms with Crippen molar-refractivity contribution in [3.8, 4) is 0 Å². The second-order valence-electron chi connectivity index (χ2n) is 6.32. The fourth-order valence-electron chi connectivity index (χ4n) is 2.90. The smallest absolute Gasteiger partial charge is 0.303 e. The number of ketones is 1. The van der Waals surface area contributed by atoms with Crippen LogP contribution in [0, 0.1) is 0 Å². The Balaban J connectivity index is 2.17. The third-order valence-corrected chi connectivity index (χ3v) is 4.14. The van der Waals surface area contributed by atoms with Crippen LogP contribution < -0.4 is 5.56 Å². The number of carbonyl (C=O) groups excluding carboxylic acids is 1. The molecule has 0 amide bonds. The summed E-state index contributed by atoms with van der Waals surface area (Å²) in [5.74, 6) is -1.05. The van der Waals surface area contributed by atoms with Gasteiger partial charge in [0.2, 0.25) is 0 Å². The molecular weight excluding hydrogens is 334 g/mol. The Hall–Kier alpha value is -3.35. The van der Waals surface area contributed by atoms with Crippen molar-refractivity contribution < 1.29 is 14.7 Å². The molecule has 0 radical (unpaired) electrons. The molecule has 0 aliphatic rings. The van der Waals surface area contributed by atoms with Crippen molar-refractivity contribution in [3.05, 3.63) is 58.2 Å². The summed E-state index contributed by atoms with van der Waals surface area (Å²) in [6, 6.07) is 5.09. The minimum atomic E-state index is -0.904. The quantitative estimate of drug-likeness (QED) is 0.466. The van der Waals surface area contributed by atoms with Crippen molar-refractivity contribution in [2.75, 3.05) is 14.1 Å². The highest BCUT2D eigenvalue weighted by molar-refractivity contribution is 6.11. The first-order chi connectivity index (χ1) is 12.4. The van der Waals surface area contributed by atoms with Crippen molar-refractivity contribution in [1.29, 1.82) is 0 Å². The van der Waals surface area contributed by atoms with Crippen LogP contribution in [0.3, 0.4) is 0 Å². The molecule has 0 saturated heterocycles. The molecule has 0 atom stereocenters. The van der Waals surface area contributed by atoms with Crippen molar-refractivity contribution in [3.63, 3.8) is 0 Å². The molecule has 2 aromatic heterocycles. The molecule has 3 aromatic rings. The number of hydrogen-bond acceptors (Lipinski definition) is 4. The Kier molecular flexibility index (Phi) is 4.62. The van der Waals surface area contributed by atoms with Crippen LogP contribution in [0.5, 0.6) is 0 Å². The summed E-state index contributed by atoms with van der Waals surface area (Å²) in [6.45, 7) is 0. The van der Waals surface area contributed by atoms with Gasteiger partial charge in [-0.25, -0.2) is 0 Å². The summed E-state index contributed by atoms with van der Waals surface area (Å²) in [4.78, 5) is 43.0. The van der Waals surface area contributed by atoms with Crippen LogP contribution in [0.1, 0.15) is 22.3 Å². The number of carbonyl (C=O) groups is 2. The third-order valence-electron chi connectivity index (χ3n) is 4.14. The maximum atomic E-state index is 12.4. The van der Waals surface area contributed by atoms with Gasteiger partial charge in [-0.05, 0) is 30.2 Å². The number of H-pyrrole nitrogens is 2. The Morgan fingerprint density at radius 3 is 2.73 bits per heavy atom. The summed E-state index contributed by atoms with van der Waals surface area (Å²) < 4.78 is 0. The van der Waals surface area contributed by atoms with Gasteiger partial charge in [0, 0.05) is 60.8 Å². The van der Waals surface area contributed by atoms with Crippen LogP contribution in [0.4, 0.5) is 0 Å². The van der Waals surface area contributed by atoms with E-state index in [2.05, 4.69) is 9.97 Å². The number of pyridine rings is 1. The molecule has 7 nitrogen and oxygen atoms in total. The number of allylic oxidation sites excluding steroid dienone is 1. The van der Waals surface area contributed by atoms with Crippen molar-refractivity contribution in [1.82, 2.24) is 14.9 Å². The summed E-state index contributed by atoms with van der Waals surface area (Å²) in [6.07, 6.45) is 5.07. The molecule has 0 aliphatic carbocycles. The number of benzene rings is 1. The monoisotopic (exact) mass is 353 g/mol. The van der Waals surface area contributed by atoms with E-state index in [9.17, 15) is 14.4 Å². The minimum absolute atomic E-state index is 0.0363. The number of aryl methyl sites for hydroxylation is 1. The van der Waals surface area contributed by atoms with E-state index in [0.717, 1.165) is 5.56 Å². The molecule has 0 bridgehead atoms. The normalized spacial score (nSPS) is 11.5. The number of carboxylic acid groups (broad SMARTS) is 1. The fraction of sp³-hybridized carbons (Fsp3) is 0.211. The second-order valence-corrected chi connectivity index (χ2v) is 6.32. The van der Waals surface area contributed by atoms with Crippen molar-refractivity contribution in [2.24, 2.45) is 0 Å². The lowest BCUT2D eigenvalue weighted by Crippen LogP contribution is -2.07. The van der Waals surface area contributed by atoms with E-state index in [0.29, 0.717) is 33.8 Å². The summed E-state index contributed by atoms with van der Waals surface area (Å²) >= 11 is 0. The average Bonchev–Trinajstić information content (AvgIpc) is 3.02. The maximum Gasteiger partial charge on any atom is 0.303 e. The summed E-state index contributed by atoms with van der Waals surface area (Å²) in [5.41, 5.74) is 1.94. The van der Waals surface area contributed by atoms with Crippen LogP contribution in [0.15, 0.2) is 41.5 Å². The van der Waals surface area contributed by atoms with Crippen LogP contribution in [-0.2, 0) is 11.2 Å². The van der Waals surface area contributed by atoms with E-state index in [4.69, 9.17) is 5.11 Å². The molecule has 1 aromatic carbocycles. The lowest BCUT2D eigenvalue weighted by molar-refractivity contribution is -0.136. The van der Waals surface area contributed by atoms with Gasteiger partial charge in [-0.3, -0.25) is 14.4 Å². The third kappa shape index (κ3) is 3.37. The molecule has 3 rings (SSSR count). The Morgan fingerprint density at radius 1 is 1.27 bits per heavy atom. The minimum Gasteiger partial charge on any atom is -0.481 e. The number of aromatic amines is 2. The SMILES string of the molecule is CN(C)C=CC(=O)c1ccc2[nH]c(=O)c3[nH]cc(CCC(=O)O)c3c2c1. The predicted octanol–water partition coefficient (Wildman–Crippen LogP) is 2.28. The molecule has 7 heteroatoms. The maximum absolute atomic E-state index is 12.4. The summed E-state index contributed by atoms with van der Waals surface area (Å²) in [7, 11) is 3.65. The Labute approximate surface area is 148 Å². The van der Waals surface area contributed by atoms with Gasteiger partial charge in [0.1, 0.15) is 5.52 Å². The van der Waals surface area contributed by atoms with E-state index in [1.54, 1.807) is 35.5 Å². The number of aliphatic carboxylic acids is 1. The molecule has 0 fully saturated rings. The van der Waals surface area contributed by atoms with Gasteiger partial charge >= 0.3 is 5.97 Å². The van der Waals surface area contributed by atoms with E-state index in [-0.39, 0.29) is 17.8 Å². The molecule has 3 N–H and O–H groups in total. The highest BCUT2D eigenvalue weighted by Crippen LogP contribution is 2.26. The van der Waals surface area contributed by atoms with Crippen LogP contribution in [-0.4, -0.2) is 45.8 Å². The standard InChI is InChI=1S/C19H19N3O4/c1-22(2)8-7-15(23)11-3-5-14-13(9-11)17-12(4-6-16(24)25)10-20-18(17)19(26)21-14/h3,5,7-10,20H,4,6H2,1-2H3,(H,21,26)(H,24,25). The van der Waals surface area contributed by atoms with Crippen LogP contribution in [0.25, 0.3) is 21.8 Å². The Bertz CT molecular complexity index is 1090. The van der Waals surface area contributed by atoms with Crippen LogP contribution in [0.2, 0.25) is 0 Å². The van der Waals surface area contributed by atoms with Gasteiger partial charge in [-0.2, -0.15) is 0 Å². The lowest BCUT2D eigenvalue weighted by atomic mass is 10.0. The van der Waals surface area contributed by atoms with Gasteiger partial charge in [0.05, 0.1) is 0 Å². The molecule has 134 valence electrons. The lowest BCUT2D eigenvalue weighted by Gasteiger charge is -2.06. The number of nitrogens with zero attached hydrogens (tertiary/aromatic N) is 1. The van der Waals surface area contributed by atoms with E-state index in [1.165, 1.54) is 6.08 Å². The molecule has 0 spiro atoms. The summed E-state index contributed by atoms with van der Waals surface area (Å²) in [5, 5.41) is 10.3. The second kappa shape index (κ2) is 6.87. The molecule has 2 heterocycles. The Morgan fingerprint density at radius 2 is 2.04 bits per heavy atom. The topological polar surface area (TPSA) is 106 Å². The molecule has 0 aliphatic heterocycles. The van der Waals surface area contributed by atoms with Gasteiger partial charge in [0.25, 0.3) is 5.56 Å². The van der Waals surface area contributed by atoms with Crippen molar-refractivity contribution in [2.45, 2.75) is 12.8 Å². The van der Waals surface area contributed by atoms with Gasteiger partial charge < -0.3 is 20.0 Å². The van der Waals surface area contributed by atoms with Crippen molar-refractivity contribution >= 4 is 33.6 Å². The molecule has 0 saturated carbocycles. The average molecular weight is 353 g/mol. The zero-order chi connectivity index (χ0) is 18.8. The van der Waals surface area contributed by atoms with Gasteiger partial charge in [-0.1, -0.05) is 0 Å². The van der Waals surface area contributed by atoms with E-state index in [1.807, 2.05) is 14.1 Å². The molecule has 0 unspecified atom stereocenters. The van der Waals surface area contributed by atoms with Gasteiger partial charge in [-0.15, -0.1) is 0 Å². The van der Waals surface area contributed by atoms with E-state index < -0.39 is 5.97 Å². The molecular formula is C19H19N3O4. The number of rotatable bonds is 6. The highest BCUT2D eigenvalue weighted by atomic mass is 16.4. The number of carboxylic acids is 1. The zero-order valence-corrected chi connectivity index (χ0v) is 14.5. The number of fused-ring (bicyclic) bond motifs is 3. The first-order valence-electron chi connectivity index (χ1n) is 8.13.